The second-order valence-electron chi connectivity index (χ2n) is 9.75. The second kappa shape index (κ2) is 14.3. The van der Waals surface area contributed by atoms with Crippen LogP contribution in [0.15, 0.2) is 89.8 Å². The van der Waals surface area contributed by atoms with E-state index in [-0.39, 0.29) is 30.6 Å². The van der Waals surface area contributed by atoms with Crippen LogP contribution >= 0.6 is 0 Å². The number of aliphatic hydroxyl groups is 1. The average molecular weight is 569 g/mol. The molecule has 1 saturated carbocycles. The van der Waals surface area contributed by atoms with Crippen LogP contribution < -0.4 is 10.1 Å². The predicted molar refractivity (Wildman–Crippen MR) is 150 cm³/mol. The molecule has 0 heterocycles. The predicted octanol–water partition coefficient (Wildman–Crippen LogP) is 4.46. The number of hydrogen-bond donors (Lipinski definition) is 2. The molecule has 2 atom stereocenters. The lowest BCUT2D eigenvalue weighted by atomic mass is 10.0. The van der Waals surface area contributed by atoms with Crippen LogP contribution in [0, 0.1) is 0 Å². The Hall–Kier alpha value is -3.44. The first-order valence-electron chi connectivity index (χ1n) is 13.4. The van der Waals surface area contributed by atoms with Gasteiger partial charge in [0.15, 0.2) is 0 Å². The maximum absolute atomic E-state index is 13.7. The number of nitrogens with one attached hydrogen (secondary N) is 1. The van der Waals surface area contributed by atoms with Crippen molar-refractivity contribution >= 4 is 16.1 Å². The van der Waals surface area contributed by atoms with Crippen molar-refractivity contribution in [3.8, 4) is 5.75 Å². The first-order valence-corrected chi connectivity index (χ1v) is 14.8. The summed E-state index contributed by atoms with van der Waals surface area (Å²) in [5.74, 6) is 0.517. The summed E-state index contributed by atoms with van der Waals surface area (Å²) in [5, 5.41) is 14.1. The molecule has 0 spiro atoms. The van der Waals surface area contributed by atoms with E-state index in [2.05, 4.69) is 5.32 Å². The van der Waals surface area contributed by atoms with Gasteiger partial charge in [-0.15, -0.1) is 0 Å². The number of nitrogens with zero attached hydrogens (tertiary/aromatic N) is 1. The van der Waals surface area contributed by atoms with Gasteiger partial charge in [-0.2, -0.15) is 0 Å². The van der Waals surface area contributed by atoms with Gasteiger partial charge in [-0.25, -0.2) is 13.2 Å². The highest BCUT2D eigenvalue weighted by Gasteiger charge is 2.34. The zero-order valence-electron chi connectivity index (χ0n) is 22.5. The highest BCUT2D eigenvalue weighted by molar-refractivity contribution is 7.89. The fourth-order valence-corrected chi connectivity index (χ4v) is 5.87. The van der Waals surface area contributed by atoms with Gasteiger partial charge in [0.2, 0.25) is 0 Å². The number of amides is 1. The number of hydrogen-bond acceptors (Lipinski definition) is 7. The van der Waals surface area contributed by atoms with E-state index < -0.39 is 28.3 Å². The van der Waals surface area contributed by atoms with Crippen LogP contribution in [0.1, 0.15) is 36.8 Å². The summed E-state index contributed by atoms with van der Waals surface area (Å²) in [7, 11) is -2.64. The average Bonchev–Trinajstić information content (AvgIpc) is 3.50. The second-order valence-corrected chi connectivity index (χ2v) is 11.6. The number of hydroxylamine groups is 1. The Morgan fingerprint density at radius 2 is 1.55 bits per heavy atom. The van der Waals surface area contributed by atoms with Crippen molar-refractivity contribution in [1.29, 1.82) is 0 Å². The van der Waals surface area contributed by atoms with Gasteiger partial charge in [-0.05, 0) is 54.7 Å². The van der Waals surface area contributed by atoms with E-state index in [4.69, 9.17) is 14.3 Å². The molecule has 0 saturated heterocycles. The SMILES string of the molecule is COc1ccc(S(=O)(=O)N(CC(O)C(Cc2ccccc2)NC(=O)OCc2ccccc2)OC2CCCC2)cc1. The van der Waals surface area contributed by atoms with Crippen LogP contribution in [0.25, 0.3) is 0 Å². The lowest BCUT2D eigenvalue weighted by Crippen LogP contribution is -2.51. The number of carbonyl (C=O) groups is 1. The molecule has 0 aliphatic heterocycles. The van der Waals surface area contributed by atoms with Gasteiger partial charge in [-0.3, -0.25) is 4.84 Å². The lowest BCUT2D eigenvalue weighted by Gasteiger charge is -2.30. The molecule has 40 heavy (non-hydrogen) atoms. The van der Waals surface area contributed by atoms with Crippen molar-refractivity contribution in [2.75, 3.05) is 13.7 Å². The molecule has 3 aromatic carbocycles. The largest absolute Gasteiger partial charge is 0.497 e. The molecule has 0 aromatic heterocycles. The fraction of sp³-hybridized carbons (Fsp3) is 0.367. The topological polar surface area (TPSA) is 114 Å². The molecule has 1 aliphatic rings. The Kier molecular flexibility index (Phi) is 10.5. The summed E-state index contributed by atoms with van der Waals surface area (Å²) in [6.07, 6.45) is 1.28. The molecule has 1 amide bonds. The number of carbonyl (C=O) groups excluding carboxylic acids is 1. The third-order valence-electron chi connectivity index (χ3n) is 6.81. The maximum atomic E-state index is 13.7. The zero-order valence-corrected chi connectivity index (χ0v) is 23.3. The van der Waals surface area contributed by atoms with E-state index in [0.717, 1.165) is 41.3 Å². The molecule has 9 nitrogen and oxygen atoms in total. The van der Waals surface area contributed by atoms with Crippen molar-refractivity contribution in [3.05, 3.63) is 96.1 Å². The Morgan fingerprint density at radius 1 is 0.950 bits per heavy atom. The van der Waals surface area contributed by atoms with Crippen LogP contribution in [0.4, 0.5) is 4.79 Å². The fourth-order valence-electron chi connectivity index (χ4n) is 4.57. The van der Waals surface area contributed by atoms with Crippen molar-refractivity contribution in [2.24, 2.45) is 0 Å². The number of ether oxygens (including phenoxy) is 2. The molecule has 2 unspecified atom stereocenters. The highest BCUT2D eigenvalue weighted by atomic mass is 32.2. The van der Waals surface area contributed by atoms with Crippen molar-refractivity contribution in [3.63, 3.8) is 0 Å². The van der Waals surface area contributed by atoms with Gasteiger partial charge >= 0.3 is 6.09 Å². The third kappa shape index (κ3) is 8.28. The standard InChI is InChI=1S/C30H36N2O7S/c1-37-25-16-18-27(19-17-25)40(35,36)32(39-26-14-8-9-15-26)21-29(33)28(20-23-10-4-2-5-11-23)31-30(34)38-22-24-12-6-3-7-13-24/h2-7,10-13,16-19,26,28-29,33H,8-9,14-15,20-22H2,1H3,(H,31,34). The van der Waals surface area contributed by atoms with Crippen molar-refractivity contribution in [2.45, 2.75) is 61.9 Å². The van der Waals surface area contributed by atoms with E-state index in [1.165, 1.54) is 19.2 Å². The first-order chi connectivity index (χ1) is 19.3. The summed E-state index contributed by atoms with van der Waals surface area (Å²) < 4.78 is 38.7. The summed E-state index contributed by atoms with van der Waals surface area (Å²) in [4.78, 5) is 18.7. The van der Waals surface area contributed by atoms with Gasteiger partial charge in [0, 0.05) is 0 Å². The monoisotopic (exact) mass is 568 g/mol. The number of aliphatic hydroxyl groups excluding tert-OH is 1. The number of methoxy groups -OCH3 is 1. The van der Waals surface area contributed by atoms with Crippen molar-refractivity contribution < 1.29 is 32.6 Å². The van der Waals surface area contributed by atoms with Crippen LogP contribution in [0.2, 0.25) is 0 Å². The quantitative estimate of drug-likeness (QED) is 0.293. The highest BCUT2D eigenvalue weighted by Crippen LogP contribution is 2.27. The molecule has 0 bridgehead atoms. The van der Waals surface area contributed by atoms with E-state index in [0.29, 0.717) is 5.75 Å². The van der Waals surface area contributed by atoms with E-state index in [9.17, 15) is 18.3 Å². The molecule has 2 N–H and O–H groups in total. The molecule has 4 rings (SSSR count). The summed E-state index contributed by atoms with van der Waals surface area (Å²) in [6.45, 7) is -0.328. The van der Waals surface area contributed by atoms with Crippen LogP contribution in [0.5, 0.6) is 5.75 Å². The van der Waals surface area contributed by atoms with Gasteiger partial charge in [-0.1, -0.05) is 78.0 Å². The van der Waals surface area contributed by atoms with Gasteiger partial charge in [0.1, 0.15) is 12.4 Å². The molecule has 1 fully saturated rings. The van der Waals surface area contributed by atoms with E-state index in [1.54, 1.807) is 12.1 Å². The number of rotatable bonds is 13. The van der Waals surface area contributed by atoms with Crippen LogP contribution in [-0.2, 0) is 32.6 Å². The Balaban J connectivity index is 1.53. The Labute approximate surface area is 235 Å². The molecule has 0 radical (unpaired) electrons. The summed E-state index contributed by atoms with van der Waals surface area (Å²) in [5.41, 5.74) is 1.68. The van der Waals surface area contributed by atoms with Gasteiger partial charge < -0.3 is 19.9 Å². The van der Waals surface area contributed by atoms with Crippen molar-refractivity contribution in [1.82, 2.24) is 9.79 Å². The Morgan fingerprint density at radius 3 is 2.15 bits per heavy atom. The molecule has 3 aromatic rings. The Bertz CT molecular complexity index is 1300. The molecule has 10 heteroatoms. The normalized spacial score (nSPS) is 15.5. The molecule has 1 aliphatic carbocycles. The minimum absolute atomic E-state index is 0.00772. The lowest BCUT2D eigenvalue weighted by molar-refractivity contribution is -0.145. The smallest absolute Gasteiger partial charge is 0.407 e. The molecular formula is C30H36N2O7S. The number of sulfonamides is 1. The minimum Gasteiger partial charge on any atom is -0.497 e. The maximum Gasteiger partial charge on any atom is 0.407 e. The van der Waals surface area contributed by atoms with Gasteiger partial charge in [0.05, 0.1) is 36.8 Å². The van der Waals surface area contributed by atoms with Crippen LogP contribution in [0.3, 0.4) is 0 Å². The summed E-state index contributed by atoms with van der Waals surface area (Å²) >= 11 is 0. The zero-order chi connectivity index (χ0) is 28.4. The first kappa shape index (κ1) is 29.5. The molecular weight excluding hydrogens is 532 g/mol. The summed E-state index contributed by atoms with van der Waals surface area (Å²) in [6, 6.07) is 23.7. The van der Waals surface area contributed by atoms with E-state index >= 15 is 0 Å². The number of alkyl carbamates (subject to hydrolysis) is 1. The van der Waals surface area contributed by atoms with E-state index in [1.807, 2.05) is 60.7 Å². The number of benzene rings is 3. The minimum atomic E-state index is -4.14. The van der Waals surface area contributed by atoms with Gasteiger partial charge in [0.25, 0.3) is 10.0 Å². The van der Waals surface area contributed by atoms with Crippen LogP contribution in [-0.4, -0.2) is 56.0 Å². The third-order valence-corrected chi connectivity index (χ3v) is 8.45. The molecule has 214 valence electrons.